The van der Waals surface area contributed by atoms with E-state index in [1.54, 1.807) is 18.3 Å². The fourth-order valence-electron chi connectivity index (χ4n) is 3.53. The van der Waals surface area contributed by atoms with E-state index in [1.807, 2.05) is 43.3 Å². The number of benzene rings is 2. The van der Waals surface area contributed by atoms with Gasteiger partial charge >= 0.3 is 0 Å². The monoisotopic (exact) mass is 460 g/mol. The molecule has 0 fully saturated rings. The number of carbonyl (C=O) groups excluding carboxylic acids is 1. The minimum atomic E-state index is -0.243. The molecule has 5 N–H and O–H groups in total. The van der Waals surface area contributed by atoms with E-state index in [-0.39, 0.29) is 36.9 Å². The summed E-state index contributed by atoms with van der Waals surface area (Å²) in [7, 11) is 0. The number of ether oxygens (including phenoxy) is 1. The summed E-state index contributed by atoms with van der Waals surface area (Å²) in [6, 6.07) is 14.8. The topological polar surface area (TPSA) is 121 Å². The van der Waals surface area contributed by atoms with E-state index in [9.17, 15) is 9.90 Å². The Bertz CT molecular complexity index is 1160. The van der Waals surface area contributed by atoms with Crippen LogP contribution in [-0.4, -0.2) is 21.8 Å². The lowest BCUT2D eigenvalue weighted by Gasteiger charge is -2.19. The van der Waals surface area contributed by atoms with Gasteiger partial charge < -0.3 is 20.9 Å². The zero-order valence-corrected chi connectivity index (χ0v) is 20.1. The predicted molar refractivity (Wildman–Crippen MR) is 133 cm³/mol. The molecule has 0 unspecified atom stereocenters. The van der Waals surface area contributed by atoms with Gasteiger partial charge in [0, 0.05) is 29.4 Å². The number of nitrogens with two attached hydrogens (primary N) is 1. The molecule has 0 aliphatic rings. The summed E-state index contributed by atoms with van der Waals surface area (Å²) in [6.07, 6.45) is 1.65. The van der Waals surface area contributed by atoms with Gasteiger partial charge in [0.1, 0.15) is 18.2 Å². The summed E-state index contributed by atoms with van der Waals surface area (Å²) in [5, 5.41) is 20.4. The highest BCUT2D eigenvalue weighted by Crippen LogP contribution is 2.27. The van der Waals surface area contributed by atoms with Gasteiger partial charge in [-0.25, -0.2) is 0 Å². The SMILES string of the molecule is Cc1ncc(CNC(=O)c2ccc(C(C)(C)C)cc2)c(CO)c1OCc1ccc(C(=N)N)cc1. The van der Waals surface area contributed by atoms with Gasteiger partial charge in [0.25, 0.3) is 5.91 Å². The number of amidine groups is 1. The Hall–Kier alpha value is -3.71. The van der Waals surface area contributed by atoms with Crippen LogP contribution in [0.25, 0.3) is 0 Å². The third-order valence-electron chi connectivity index (χ3n) is 5.66. The number of nitrogens with zero attached hydrogens (tertiary/aromatic N) is 1. The number of carbonyl (C=O) groups is 1. The van der Waals surface area contributed by atoms with Gasteiger partial charge in [-0.3, -0.25) is 15.2 Å². The molecule has 1 amide bonds. The fraction of sp³-hybridized carbons (Fsp3) is 0.296. The molecule has 0 bridgehead atoms. The van der Waals surface area contributed by atoms with Crippen molar-refractivity contribution in [2.45, 2.75) is 52.9 Å². The number of aryl methyl sites for hydroxylation is 1. The second-order valence-corrected chi connectivity index (χ2v) is 9.24. The maximum Gasteiger partial charge on any atom is 0.251 e. The molecule has 178 valence electrons. The first-order valence-electron chi connectivity index (χ1n) is 11.1. The molecule has 7 nitrogen and oxygen atoms in total. The summed E-state index contributed by atoms with van der Waals surface area (Å²) in [5.74, 6) is 0.312. The van der Waals surface area contributed by atoms with Crippen LogP contribution in [0.3, 0.4) is 0 Å². The highest BCUT2D eigenvalue weighted by Gasteiger charge is 2.17. The molecule has 0 atom stereocenters. The number of hydrogen-bond acceptors (Lipinski definition) is 5. The molecule has 7 heteroatoms. The van der Waals surface area contributed by atoms with Crippen LogP contribution >= 0.6 is 0 Å². The van der Waals surface area contributed by atoms with E-state index in [2.05, 4.69) is 31.1 Å². The van der Waals surface area contributed by atoms with E-state index < -0.39 is 0 Å². The Morgan fingerprint density at radius 1 is 1.09 bits per heavy atom. The summed E-state index contributed by atoms with van der Waals surface area (Å²) in [6.45, 7) is 8.44. The molecule has 1 heterocycles. The third-order valence-corrected chi connectivity index (χ3v) is 5.66. The maximum absolute atomic E-state index is 12.7. The van der Waals surface area contributed by atoms with Gasteiger partial charge in [-0.05, 0) is 41.2 Å². The number of pyridine rings is 1. The standard InChI is InChI=1S/C27H32N4O3/c1-17-24(34-16-18-5-7-19(8-6-18)25(28)29)23(15-32)21(13-30-17)14-31-26(33)20-9-11-22(12-10-20)27(2,3)4/h5-13,32H,14-16H2,1-4H3,(H3,28,29)(H,31,33). The van der Waals surface area contributed by atoms with Crippen LogP contribution in [-0.2, 0) is 25.2 Å². The fourth-order valence-corrected chi connectivity index (χ4v) is 3.53. The van der Waals surface area contributed by atoms with Crippen molar-refractivity contribution in [3.8, 4) is 5.75 Å². The molecule has 0 aliphatic carbocycles. The highest BCUT2D eigenvalue weighted by molar-refractivity contribution is 5.95. The van der Waals surface area contributed by atoms with Gasteiger partial charge in [-0.2, -0.15) is 0 Å². The molecule has 0 aliphatic heterocycles. The normalized spacial score (nSPS) is 11.2. The molecule has 3 aromatic rings. The largest absolute Gasteiger partial charge is 0.487 e. The first kappa shape index (κ1) is 24.9. The molecule has 2 aromatic carbocycles. The van der Waals surface area contributed by atoms with Crippen molar-refractivity contribution in [3.05, 3.63) is 93.8 Å². The van der Waals surface area contributed by atoms with E-state index in [1.165, 1.54) is 0 Å². The number of aromatic nitrogens is 1. The van der Waals surface area contributed by atoms with Crippen molar-refractivity contribution >= 4 is 11.7 Å². The molecule has 3 rings (SSSR count). The molecular formula is C27H32N4O3. The summed E-state index contributed by atoms with van der Waals surface area (Å²) >= 11 is 0. The molecular weight excluding hydrogens is 428 g/mol. The number of nitrogen functional groups attached to an aromatic ring is 1. The van der Waals surface area contributed by atoms with Crippen LogP contribution in [0.5, 0.6) is 5.75 Å². The molecule has 0 saturated carbocycles. The van der Waals surface area contributed by atoms with Crippen LogP contribution in [0.2, 0.25) is 0 Å². The van der Waals surface area contributed by atoms with Crippen LogP contribution in [0.1, 0.15) is 64.6 Å². The van der Waals surface area contributed by atoms with Crippen molar-refractivity contribution < 1.29 is 14.6 Å². The van der Waals surface area contributed by atoms with Crippen molar-refractivity contribution in [3.63, 3.8) is 0 Å². The molecule has 0 saturated heterocycles. The Labute approximate surface area is 200 Å². The van der Waals surface area contributed by atoms with Gasteiger partial charge in [0.2, 0.25) is 0 Å². The third kappa shape index (κ3) is 5.99. The molecule has 0 spiro atoms. The Kier molecular flexibility index (Phi) is 7.68. The zero-order valence-electron chi connectivity index (χ0n) is 20.1. The maximum atomic E-state index is 12.7. The minimum absolute atomic E-state index is 0.00923. The average Bonchev–Trinajstić information content (AvgIpc) is 2.81. The van der Waals surface area contributed by atoms with E-state index in [4.69, 9.17) is 15.9 Å². The van der Waals surface area contributed by atoms with E-state index >= 15 is 0 Å². The first-order valence-corrected chi connectivity index (χ1v) is 11.1. The number of hydrogen-bond donors (Lipinski definition) is 4. The van der Waals surface area contributed by atoms with Crippen LogP contribution < -0.4 is 15.8 Å². The lowest BCUT2D eigenvalue weighted by molar-refractivity contribution is 0.0950. The second kappa shape index (κ2) is 10.5. The predicted octanol–water partition coefficient (Wildman–Crippen LogP) is 3.97. The molecule has 34 heavy (non-hydrogen) atoms. The van der Waals surface area contributed by atoms with Gasteiger partial charge in [0.05, 0.1) is 12.3 Å². The van der Waals surface area contributed by atoms with Crippen LogP contribution in [0.4, 0.5) is 0 Å². The van der Waals surface area contributed by atoms with E-state index in [0.717, 1.165) is 11.1 Å². The van der Waals surface area contributed by atoms with Gasteiger partial charge in [-0.15, -0.1) is 0 Å². The smallest absolute Gasteiger partial charge is 0.251 e. The summed E-state index contributed by atoms with van der Waals surface area (Å²) in [4.78, 5) is 17.1. The van der Waals surface area contributed by atoms with Crippen LogP contribution in [0, 0.1) is 12.3 Å². The van der Waals surface area contributed by atoms with Gasteiger partial charge in [-0.1, -0.05) is 57.2 Å². The van der Waals surface area contributed by atoms with Gasteiger partial charge in [0.15, 0.2) is 0 Å². The van der Waals surface area contributed by atoms with Crippen molar-refractivity contribution in [1.29, 1.82) is 5.41 Å². The first-order chi connectivity index (χ1) is 16.1. The van der Waals surface area contributed by atoms with Crippen molar-refractivity contribution in [2.24, 2.45) is 5.73 Å². The molecule has 0 radical (unpaired) electrons. The Morgan fingerprint density at radius 3 is 2.26 bits per heavy atom. The number of nitrogens with one attached hydrogen (secondary N) is 2. The number of amides is 1. The zero-order chi connectivity index (χ0) is 24.9. The Morgan fingerprint density at radius 2 is 1.71 bits per heavy atom. The van der Waals surface area contributed by atoms with Crippen molar-refractivity contribution in [2.75, 3.05) is 0 Å². The lowest BCUT2D eigenvalue weighted by atomic mass is 9.87. The number of aliphatic hydroxyl groups excluding tert-OH is 1. The second-order valence-electron chi connectivity index (χ2n) is 9.24. The summed E-state index contributed by atoms with van der Waals surface area (Å²) in [5.41, 5.74) is 10.7. The minimum Gasteiger partial charge on any atom is -0.487 e. The van der Waals surface area contributed by atoms with Crippen LogP contribution in [0.15, 0.2) is 54.7 Å². The average molecular weight is 461 g/mol. The van der Waals surface area contributed by atoms with Crippen molar-refractivity contribution in [1.82, 2.24) is 10.3 Å². The number of aliphatic hydroxyl groups is 1. The summed E-state index contributed by atoms with van der Waals surface area (Å²) < 4.78 is 6.00. The quantitative estimate of drug-likeness (QED) is 0.299. The molecule has 1 aromatic heterocycles. The lowest BCUT2D eigenvalue weighted by Crippen LogP contribution is -2.24. The highest BCUT2D eigenvalue weighted by atomic mass is 16.5. The van der Waals surface area contributed by atoms with E-state index in [0.29, 0.717) is 33.7 Å². The number of rotatable bonds is 8. The Balaban J connectivity index is 1.71.